The van der Waals surface area contributed by atoms with Gasteiger partial charge in [-0.3, -0.25) is 0 Å². The average Bonchev–Trinajstić information content (AvgIpc) is 3.29. The highest BCUT2D eigenvalue weighted by Gasteiger charge is 2.24. The number of anilines is 1. The predicted octanol–water partition coefficient (Wildman–Crippen LogP) is 3.62. The van der Waals surface area contributed by atoms with Gasteiger partial charge < -0.3 is 15.5 Å². The Morgan fingerprint density at radius 2 is 1.80 bits per heavy atom. The standard InChI is InChI=1S/C23H22F2N6O3S/c1-12(2)35(32,33)19-7-5-14(9-17(19)25)18-11-28-21(26)20(29-18)23-31-30-22(34-23)15-6-4-13(10-27-3)8-16(15)24/h4-9,11-12,27H,10H2,1-3H3,(H2,26,28). The second kappa shape index (κ2) is 9.47. The number of benzene rings is 2. The van der Waals surface area contributed by atoms with Crippen LogP contribution in [0.3, 0.4) is 0 Å². The summed E-state index contributed by atoms with van der Waals surface area (Å²) in [6.07, 6.45) is 1.31. The Morgan fingerprint density at radius 3 is 2.46 bits per heavy atom. The molecule has 4 aromatic rings. The molecular formula is C23H22F2N6O3S. The highest BCUT2D eigenvalue weighted by atomic mass is 32.2. The molecule has 3 N–H and O–H groups in total. The van der Waals surface area contributed by atoms with Gasteiger partial charge in [0.1, 0.15) is 16.5 Å². The number of sulfone groups is 1. The molecule has 0 saturated heterocycles. The summed E-state index contributed by atoms with van der Waals surface area (Å²) in [6.45, 7) is 3.44. The van der Waals surface area contributed by atoms with Gasteiger partial charge in [0.2, 0.25) is 0 Å². The van der Waals surface area contributed by atoms with Crippen LogP contribution in [0.1, 0.15) is 19.4 Å². The molecule has 0 unspecified atom stereocenters. The van der Waals surface area contributed by atoms with E-state index in [1.807, 2.05) is 0 Å². The molecule has 0 bridgehead atoms. The van der Waals surface area contributed by atoms with Gasteiger partial charge in [-0.2, -0.15) is 0 Å². The summed E-state index contributed by atoms with van der Waals surface area (Å²) in [7, 11) is -2.04. The van der Waals surface area contributed by atoms with Crippen LogP contribution >= 0.6 is 0 Å². The maximum Gasteiger partial charge on any atom is 0.270 e. The van der Waals surface area contributed by atoms with Gasteiger partial charge in [0, 0.05) is 12.1 Å². The molecular weight excluding hydrogens is 478 g/mol. The molecule has 182 valence electrons. The highest BCUT2D eigenvalue weighted by Crippen LogP contribution is 2.30. The molecule has 0 radical (unpaired) electrons. The van der Waals surface area contributed by atoms with Crippen LogP contribution in [-0.4, -0.2) is 40.9 Å². The Hall–Kier alpha value is -3.77. The molecule has 2 aromatic heterocycles. The monoisotopic (exact) mass is 500 g/mol. The fraction of sp³-hybridized carbons (Fsp3) is 0.217. The van der Waals surface area contributed by atoms with Crippen molar-refractivity contribution in [3.05, 3.63) is 59.8 Å². The van der Waals surface area contributed by atoms with Crippen molar-refractivity contribution in [2.75, 3.05) is 12.8 Å². The lowest BCUT2D eigenvalue weighted by molar-refractivity contribution is 0.561. The van der Waals surface area contributed by atoms with E-state index in [1.54, 1.807) is 13.1 Å². The van der Waals surface area contributed by atoms with E-state index >= 15 is 0 Å². The summed E-state index contributed by atoms with van der Waals surface area (Å²) < 4.78 is 59.5. The minimum absolute atomic E-state index is 0.0211. The molecule has 4 rings (SSSR count). The highest BCUT2D eigenvalue weighted by molar-refractivity contribution is 7.92. The zero-order valence-corrected chi connectivity index (χ0v) is 19.9. The molecule has 0 saturated carbocycles. The van der Waals surface area contributed by atoms with Crippen molar-refractivity contribution in [2.24, 2.45) is 0 Å². The van der Waals surface area contributed by atoms with Crippen LogP contribution in [0.5, 0.6) is 0 Å². The number of nitrogens with zero attached hydrogens (tertiary/aromatic N) is 4. The second-order valence-corrected chi connectivity index (χ2v) is 10.5. The molecule has 0 aliphatic carbocycles. The normalized spacial score (nSPS) is 11.8. The lowest BCUT2D eigenvalue weighted by Crippen LogP contribution is -2.15. The Morgan fingerprint density at radius 1 is 1.06 bits per heavy atom. The SMILES string of the molecule is CNCc1ccc(-c2nnc(-c3nc(-c4ccc(S(=O)(=O)C(C)C)c(F)c4)cnc3N)o2)c(F)c1. The molecule has 9 nitrogen and oxygen atoms in total. The minimum atomic E-state index is -3.80. The first kappa shape index (κ1) is 24.4. The lowest BCUT2D eigenvalue weighted by atomic mass is 10.1. The molecule has 0 aliphatic rings. The van der Waals surface area contributed by atoms with Crippen LogP contribution in [0.2, 0.25) is 0 Å². The third-order valence-corrected chi connectivity index (χ3v) is 7.41. The fourth-order valence-electron chi connectivity index (χ4n) is 3.31. The van der Waals surface area contributed by atoms with Gasteiger partial charge in [-0.25, -0.2) is 27.2 Å². The van der Waals surface area contributed by atoms with Crippen LogP contribution in [0.25, 0.3) is 34.3 Å². The number of hydrogen-bond donors (Lipinski definition) is 2. The number of nitrogens with two attached hydrogens (primary N) is 1. The first-order valence-corrected chi connectivity index (χ1v) is 12.1. The van der Waals surface area contributed by atoms with Crippen molar-refractivity contribution in [1.82, 2.24) is 25.5 Å². The van der Waals surface area contributed by atoms with Crippen LogP contribution in [0.4, 0.5) is 14.6 Å². The van der Waals surface area contributed by atoms with Crippen molar-refractivity contribution in [3.8, 4) is 34.3 Å². The number of nitrogens with one attached hydrogen (secondary N) is 1. The average molecular weight is 501 g/mol. The maximum atomic E-state index is 14.7. The maximum absolute atomic E-state index is 14.7. The zero-order valence-electron chi connectivity index (χ0n) is 19.1. The van der Waals surface area contributed by atoms with Gasteiger partial charge in [-0.15, -0.1) is 10.2 Å². The molecule has 35 heavy (non-hydrogen) atoms. The van der Waals surface area contributed by atoms with Crippen molar-refractivity contribution in [1.29, 1.82) is 0 Å². The third kappa shape index (κ3) is 4.75. The van der Waals surface area contributed by atoms with E-state index in [0.717, 1.165) is 11.6 Å². The summed E-state index contributed by atoms with van der Waals surface area (Å²) >= 11 is 0. The Balaban J connectivity index is 1.69. The smallest absolute Gasteiger partial charge is 0.270 e. The molecule has 0 aliphatic heterocycles. The van der Waals surface area contributed by atoms with E-state index in [2.05, 4.69) is 25.5 Å². The Kier molecular flexibility index (Phi) is 6.59. The molecule has 0 atom stereocenters. The van der Waals surface area contributed by atoms with Gasteiger partial charge >= 0.3 is 0 Å². The number of hydrogen-bond acceptors (Lipinski definition) is 9. The van der Waals surface area contributed by atoms with Crippen LogP contribution in [-0.2, 0) is 16.4 Å². The van der Waals surface area contributed by atoms with Crippen molar-refractivity contribution >= 4 is 15.7 Å². The van der Waals surface area contributed by atoms with Gasteiger partial charge in [0.05, 0.1) is 22.7 Å². The number of nitrogen functional groups attached to an aromatic ring is 1. The predicted molar refractivity (Wildman–Crippen MR) is 126 cm³/mol. The number of aromatic nitrogens is 4. The van der Waals surface area contributed by atoms with E-state index in [4.69, 9.17) is 10.2 Å². The van der Waals surface area contributed by atoms with Gasteiger partial charge in [-0.05, 0) is 50.7 Å². The lowest BCUT2D eigenvalue weighted by Gasteiger charge is -2.10. The molecule has 0 fully saturated rings. The fourth-order valence-corrected chi connectivity index (χ4v) is 4.41. The summed E-state index contributed by atoms with van der Waals surface area (Å²) in [4.78, 5) is 8.01. The van der Waals surface area contributed by atoms with E-state index in [9.17, 15) is 17.2 Å². The first-order chi connectivity index (χ1) is 16.6. The largest absolute Gasteiger partial charge is 0.414 e. The summed E-state index contributed by atoms with van der Waals surface area (Å²) in [5.41, 5.74) is 7.28. The zero-order chi connectivity index (χ0) is 25.3. The van der Waals surface area contributed by atoms with Gasteiger partial charge in [0.25, 0.3) is 11.8 Å². The molecule has 2 heterocycles. The van der Waals surface area contributed by atoms with Crippen molar-refractivity contribution in [2.45, 2.75) is 30.5 Å². The van der Waals surface area contributed by atoms with Crippen molar-refractivity contribution < 1.29 is 21.6 Å². The second-order valence-electron chi connectivity index (χ2n) is 7.98. The molecule has 0 amide bonds. The summed E-state index contributed by atoms with van der Waals surface area (Å²) in [6, 6.07) is 8.28. The summed E-state index contributed by atoms with van der Waals surface area (Å²) in [5, 5.41) is 9.96. The quantitative estimate of drug-likeness (QED) is 0.390. The van der Waals surface area contributed by atoms with E-state index in [1.165, 1.54) is 44.3 Å². The van der Waals surface area contributed by atoms with Crippen LogP contribution in [0.15, 0.2) is 51.9 Å². The molecule has 12 heteroatoms. The van der Waals surface area contributed by atoms with E-state index in [0.29, 0.717) is 6.54 Å². The van der Waals surface area contributed by atoms with E-state index < -0.39 is 31.6 Å². The molecule has 0 spiro atoms. The Bertz CT molecular complexity index is 1510. The van der Waals surface area contributed by atoms with Crippen molar-refractivity contribution in [3.63, 3.8) is 0 Å². The third-order valence-electron chi connectivity index (χ3n) is 5.23. The topological polar surface area (TPSA) is 137 Å². The minimum Gasteiger partial charge on any atom is -0.414 e. The summed E-state index contributed by atoms with van der Waals surface area (Å²) in [5.74, 6) is -1.66. The first-order valence-electron chi connectivity index (χ1n) is 10.6. The van der Waals surface area contributed by atoms with Gasteiger partial charge in [0.15, 0.2) is 21.3 Å². The number of halogens is 2. The molecule has 2 aromatic carbocycles. The Labute approximate surface area is 200 Å². The van der Waals surface area contributed by atoms with E-state index in [-0.39, 0.29) is 40.1 Å². The van der Waals surface area contributed by atoms with Gasteiger partial charge in [-0.1, -0.05) is 12.1 Å². The number of rotatable bonds is 7. The van der Waals surface area contributed by atoms with Crippen LogP contribution < -0.4 is 11.1 Å². The van der Waals surface area contributed by atoms with Crippen LogP contribution in [0, 0.1) is 11.6 Å².